The highest BCUT2D eigenvalue weighted by atomic mass is 16.5. The molecule has 0 saturated heterocycles. The third-order valence-electron chi connectivity index (χ3n) is 3.53. The van der Waals surface area contributed by atoms with E-state index in [1.165, 1.54) is 11.1 Å². The van der Waals surface area contributed by atoms with Crippen molar-refractivity contribution in [1.82, 2.24) is 10.3 Å². The molecule has 0 saturated carbocycles. The molecular weight excluding hydrogens is 262 g/mol. The summed E-state index contributed by atoms with van der Waals surface area (Å²) in [6.45, 7) is 5.99. The van der Waals surface area contributed by atoms with Crippen molar-refractivity contribution in [3.63, 3.8) is 0 Å². The maximum absolute atomic E-state index is 5.82. The molecule has 0 bridgehead atoms. The smallest absolute Gasteiger partial charge is 0.173 e. The Morgan fingerprint density at radius 1 is 1.24 bits per heavy atom. The molecule has 2 aromatic rings. The van der Waals surface area contributed by atoms with Gasteiger partial charge in [-0.25, -0.2) is 4.98 Å². The lowest BCUT2D eigenvalue weighted by Gasteiger charge is -2.21. The zero-order valence-corrected chi connectivity index (χ0v) is 12.5. The summed E-state index contributed by atoms with van der Waals surface area (Å²) >= 11 is 0. The van der Waals surface area contributed by atoms with Crippen LogP contribution in [-0.4, -0.2) is 17.6 Å². The molecule has 0 atom stereocenters. The number of fused-ring (bicyclic) bond motifs is 1. The lowest BCUT2D eigenvalue weighted by Crippen LogP contribution is -2.24. The number of nitrogens with zero attached hydrogens (tertiary/aromatic N) is 1. The van der Waals surface area contributed by atoms with Crippen molar-refractivity contribution < 1.29 is 4.74 Å². The predicted octanol–water partition coefficient (Wildman–Crippen LogP) is 3.26. The second-order valence-corrected chi connectivity index (χ2v) is 5.51. The molecular formula is C17H21N3O. The molecule has 21 heavy (non-hydrogen) atoms. The molecule has 110 valence electrons. The van der Waals surface area contributed by atoms with Crippen molar-refractivity contribution in [2.45, 2.75) is 32.9 Å². The van der Waals surface area contributed by atoms with Crippen LogP contribution in [0.1, 0.15) is 25.0 Å². The number of anilines is 2. The van der Waals surface area contributed by atoms with Crippen molar-refractivity contribution in [1.29, 1.82) is 0 Å². The quantitative estimate of drug-likeness (QED) is 0.904. The lowest BCUT2D eigenvalue weighted by atomic mass is 9.99. The van der Waals surface area contributed by atoms with Gasteiger partial charge in [-0.3, -0.25) is 0 Å². The highest BCUT2D eigenvalue weighted by Crippen LogP contribution is 2.30. The Kier molecular flexibility index (Phi) is 4.06. The second kappa shape index (κ2) is 6.14. The highest BCUT2D eigenvalue weighted by molar-refractivity contribution is 5.66. The molecule has 2 N–H and O–H groups in total. The van der Waals surface area contributed by atoms with Gasteiger partial charge in [0.15, 0.2) is 11.6 Å². The minimum Gasteiger partial charge on any atom is -0.487 e. The van der Waals surface area contributed by atoms with Crippen LogP contribution < -0.4 is 15.4 Å². The van der Waals surface area contributed by atoms with Gasteiger partial charge in [0.2, 0.25) is 0 Å². The largest absolute Gasteiger partial charge is 0.487 e. The average Bonchev–Trinajstić information content (AvgIpc) is 2.49. The molecule has 1 aliphatic rings. The lowest BCUT2D eigenvalue weighted by molar-refractivity contribution is 0.243. The normalized spacial score (nSPS) is 13.9. The van der Waals surface area contributed by atoms with Crippen LogP contribution in [0.4, 0.5) is 11.5 Å². The van der Waals surface area contributed by atoms with Crippen molar-refractivity contribution in [2.75, 3.05) is 11.9 Å². The van der Waals surface area contributed by atoms with Gasteiger partial charge < -0.3 is 15.4 Å². The molecule has 0 fully saturated rings. The summed E-state index contributed by atoms with van der Waals surface area (Å²) in [7, 11) is 0. The van der Waals surface area contributed by atoms with E-state index in [0.29, 0.717) is 0 Å². The number of rotatable bonds is 4. The Morgan fingerprint density at radius 2 is 2.14 bits per heavy atom. The number of aromatic nitrogens is 1. The van der Waals surface area contributed by atoms with E-state index >= 15 is 0 Å². The summed E-state index contributed by atoms with van der Waals surface area (Å²) in [6.07, 6.45) is 2.95. The zero-order valence-electron chi connectivity index (χ0n) is 12.5. The van der Waals surface area contributed by atoms with Gasteiger partial charge in [0.05, 0.1) is 6.10 Å². The molecule has 4 heteroatoms. The predicted molar refractivity (Wildman–Crippen MR) is 85.1 cm³/mol. The molecule has 1 aliphatic heterocycles. The van der Waals surface area contributed by atoms with E-state index in [9.17, 15) is 0 Å². The Bertz CT molecular complexity index is 625. The Hall–Kier alpha value is -2.07. The number of benzene rings is 1. The molecule has 1 aromatic carbocycles. The molecule has 1 aromatic heterocycles. The molecule has 4 nitrogen and oxygen atoms in total. The van der Waals surface area contributed by atoms with Crippen LogP contribution in [0.3, 0.4) is 0 Å². The molecule has 0 aliphatic carbocycles. The van der Waals surface area contributed by atoms with Crippen molar-refractivity contribution in [2.24, 2.45) is 0 Å². The average molecular weight is 283 g/mol. The Morgan fingerprint density at radius 3 is 3.00 bits per heavy atom. The monoisotopic (exact) mass is 283 g/mol. The van der Waals surface area contributed by atoms with Gasteiger partial charge in [-0.2, -0.15) is 0 Å². The zero-order chi connectivity index (χ0) is 14.7. The summed E-state index contributed by atoms with van der Waals surface area (Å²) in [5, 5.41) is 6.84. The standard InChI is InChI=1S/C17H21N3O/c1-12(2)21-16-7-4-9-19-17(16)20-15-6-3-5-13-11-18-10-8-14(13)15/h3-7,9,12,18H,8,10-11H2,1-2H3,(H,19,20). The molecule has 0 radical (unpaired) electrons. The van der Waals surface area contributed by atoms with Crippen LogP contribution in [-0.2, 0) is 13.0 Å². The summed E-state index contributed by atoms with van der Waals surface area (Å²) in [5.41, 5.74) is 3.85. The van der Waals surface area contributed by atoms with Gasteiger partial charge in [0.1, 0.15) is 0 Å². The van der Waals surface area contributed by atoms with E-state index < -0.39 is 0 Å². The van der Waals surface area contributed by atoms with Crippen LogP contribution in [0, 0.1) is 0 Å². The van der Waals surface area contributed by atoms with E-state index in [0.717, 1.165) is 36.8 Å². The molecule has 2 heterocycles. The Balaban J connectivity index is 1.91. The first-order valence-electron chi connectivity index (χ1n) is 7.44. The Labute approximate surface area is 125 Å². The molecule has 0 spiro atoms. The number of nitrogens with one attached hydrogen (secondary N) is 2. The first kappa shape index (κ1) is 13.9. The van der Waals surface area contributed by atoms with Gasteiger partial charge in [-0.05, 0) is 56.1 Å². The summed E-state index contributed by atoms with van der Waals surface area (Å²) in [6, 6.07) is 10.2. The minimum atomic E-state index is 0.128. The van der Waals surface area contributed by atoms with Crippen LogP contribution in [0.15, 0.2) is 36.5 Å². The minimum absolute atomic E-state index is 0.128. The van der Waals surface area contributed by atoms with Crippen molar-refractivity contribution in [3.8, 4) is 5.75 Å². The second-order valence-electron chi connectivity index (χ2n) is 5.51. The van der Waals surface area contributed by atoms with Crippen LogP contribution in [0.5, 0.6) is 5.75 Å². The van der Waals surface area contributed by atoms with Gasteiger partial charge in [-0.1, -0.05) is 12.1 Å². The van der Waals surface area contributed by atoms with E-state index in [1.54, 1.807) is 6.20 Å². The van der Waals surface area contributed by atoms with E-state index in [2.05, 4.69) is 33.8 Å². The van der Waals surface area contributed by atoms with Crippen molar-refractivity contribution in [3.05, 3.63) is 47.7 Å². The number of ether oxygens (including phenoxy) is 1. The first-order chi connectivity index (χ1) is 10.2. The van der Waals surface area contributed by atoms with Crippen LogP contribution in [0.25, 0.3) is 0 Å². The SMILES string of the molecule is CC(C)Oc1cccnc1Nc1cccc2c1CCNC2. The molecule has 0 amide bonds. The van der Waals surface area contributed by atoms with E-state index in [4.69, 9.17) is 4.74 Å². The van der Waals surface area contributed by atoms with Crippen molar-refractivity contribution >= 4 is 11.5 Å². The van der Waals surface area contributed by atoms with E-state index in [1.807, 2.05) is 26.0 Å². The first-order valence-corrected chi connectivity index (χ1v) is 7.44. The maximum Gasteiger partial charge on any atom is 0.173 e. The summed E-state index contributed by atoms with van der Waals surface area (Å²) < 4.78 is 5.82. The number of hydrogen-bond donors (Lipinski definition) is 2. The van der Waals surface area contributed by atoms with Gasteiger partial charge in [0.25, 0.3) is 0 Å². The molecule has 0 unspecified atom stereocenters. The maximum atomic E-state index is 5.82. The summed E-state index contributed by atoms with van der Waals surface area (Å²) in [5.74, 6) is 1.57. The summed E-state index contributed by atoms with van der Waals surface area (Å²) in [4.78, 5) is 4.42. The number of pyridine rings is 1. The van der Waals surface area contributed by atoms with E-state index in [-0.39, 0.29) is 6.10 Å². The van der Waals surface area contributed by atoms with Crippen LogP contribution in [0.2, 0.25) is 0 Å². The van der Waals surface area contributed by atoms with Gasteiger partial charge in [0, 0.05) is 18.4 Å². The third kappa shape index (κ3) is 3.16. The fourth-order valence-corrected chi connectivity index (χ4v) is 2.61. The third-order valence-corrected chi connectivity index (χ3v) is 3.53. The topological polar surface area (TPSA) is 46.2 Å². The highest BCUT2D eigenvalue weighted by Gasteiger charge is 2.14. The number of hydrogen-bond acceptors (Lipinski definition) is 4. The molecule has 3 rings (SSSR count). The fraction of sp³-hybridized carbons (Fsp3) is 0.353. The van der Waals surface area contributed by atoms with Gasteiger partial charge >= 0.3 is 0 Å². The fourth-order valence-electron chi connectivity index (χ4n) is 2.61. The van der Waals surface area contributed by atoms with Gasteiger partial charge in [-0.15, -0.1) is 0 Å². The van der Waals surface area contributed by atoms with Crippen LogP contribution >= 0.6 is 0 Å².